The molecular weight excluding hydrogens is 398 g/mol. The van der Waals surface area contributed by atoms with Gasteiger partial charge in [-0.15, -0.1) is 0 Å². The molecule has 1 aliphatic heterocycles. The molecule has 0 aliphatic carbocycles. The highest BCUT2D eigenvalue weighted by atomic mass is 16.2. The molecule has 1 atom stereocenters. The minimum Gasteiger partial charge on any atom is -0.353 e. The molecule has 1 fully saturated rings. The summed E-state index contributed by atoms with van der Waals surface area (Å²) >= 11 is 0. The second-order valence-corrected chi connectivity index (χ2v) is 8.30. The molecule has 4 rings (SSSR count). The van der Waals surface area contributed by atoms with Crippen LogP contribution < -0.4 is 5.32 Å². The Bertz CT molecular complexity index is 1080. The zero-order valence-corrected chi connectivity index (χ0v) is 18.5. The van der Waals surface area contributed by atoms with Gasteiger partial charge in [-0.1, -0.05) is 60.2 Å². The van der Waals surface area contributed by atoms with E-state index in [4.69, 9.17) is 0 Å². The maximum absolute atomic E-state index is 13.1. The number of hydrogen-bond donors (Lipinski definition) is 1. The molecule has 0 unspecified atom stereocenters. The quantitative estimate of drug-likeness (QED) is 0.621. The van der Waals surface area contributed by atoms with Crippen molar-refractivity contribution < 1.29 is 9.59 Å². The van der Waals surface area contributed by atoms with Gasteiger partial charge in [-0.05, 0) is 48.6 Å². The zero-order chi connectivity index (χ0) is 22.3. The Kier molecular flexibility index (Phi) is 6.95. The van der Waals surface area contributed by atoms with Crippen LogP contribution in [0, 0.1) is 6.92 Å². The summed E-state index contributed by atoms with van der Waals surface area (Å²) in [4.78, 5) is 31.9. The monoisotopic (exact) mass is 427 g/mol. The molecule has 0 bridgehead atoms. The Balaban J connectivity index is 1.49. The molecule has 1 aromatic heterocycles. The molecule has 0 spiro atoms. The van der Waals surface area contributed by atoms with E-state index in [-0.39, 0.29) is 11.8 Å². The SMILES string of the molecule is Cc1cccc(-c2ccccc2C[C@H]2C(=O)NCCN2C(=O)CCCc2ccccn2)c1. The molecule has 0 saturated carbocycles. The number of aromatic nitrogens is 1. The van der Waals surface area contributed by atoms with E-state index < -0.39 is 6.04 Å². The minimum absolute atomic E-state index is 0.0359. The Morgan fingerprint density at radius 2 is 1.94 bits per heavy atom. The Labute approximate surface area is 189 Å². The van der Waals surface area contributed by atoms with Gasteiger partial charge in [0.05, 0.1) is 0 Å². The van der Waals surface area contributed by atoms with Gasteiger partial charge in [0.15, 0.2) is 0 Å². The molecule has 1 aliphatic rings. The van der Waals surface area contributed by atoms with Crippen molar-refractivity contribution in [2.45, 2.75) is 38.6 Å². The summed E-state index contributed by atoms with van der Waals surface area (Å²) in [6.07, 6.45) is 4.17. The summed E-state index contributed by atoms with van der Waals surface area (Å²) in [7, 11) is 0. The highest BCUT2D eigenvalue weighted by Crippen LogP contribution is 2.27. The van der Waals surface area contributed by atoms with Crippen LogP contribution in [0.25, 0.3) is 11.1 Å². The molecule has 5 heteroatoms. The average Bonchev–Trinajstić information content (AvgIpc) is 2.81. The third-order valence-corrected chi connectivity index (χ3v) is 5.96. The van der Waals surface area contributed by atoms with Crippen molar-refractivity contribution in [2.24, 2.45) is 0 Å². The van der Waals surface area contributed by atoms with Crippen LogP contribution in [0.5, 0.6) is 0 Å². The normalized spacial score (nSPS) is 16.0. The molecule has 164 valence electrons. The van der Waals surface area contributed by atoms with Gasteiger partial charge in [-0.25, -0.2) is 0 Å². The van der Waals surface area contributed by atoms with Crippen LogP contribution in [-0.2, 0) is 22.4 Å². The predicted octanol–water partition coefficient (Wildman–Crippen LogP) is 3.95. The molecule has 0 radical (unpaired) electrons. The maximum atomic E-state index is 13.1. The van der Waals surface area contributed by atoms with Crippen molar-refractivity contribution in [3.05, 3.63) is 89.7 Å². The summed E-state index contributed by atoms with van der Waals surface area (Å²) in [5.41, 5.74) is 5.49. The van der Waals surface area contributed by atoms with Crippen LogP contribution in [0.4, 0.5) is 0 Å². The number of rotatable bonds is 7. The highest BCUT2D eigenvalue weighted by Gasteiger charge is 2.33. The zero-order valence-electron chi connectivity index (χ0n) is 18.5. The van der Waals surface area contributed by atoms with Gasteiger partial charge >= 0.3 is 0 Å². The number of nitrogens with zero attached hydrogens (tertiary/aromatic N) is 2. The number of carbonyl (C=O) groups is 2. The smallest absolute Gasteiger partial charge is 0.243 e. The Morgan fingerprint density at radius 1 is 1.09 bits per heavy atom. The molecular formula is C27H29N3O2. The Hall–Kier alpha value is -3.47. The largest absolute Gasteiger partial charge is 0.353 e. The van der Waals surface area contributed by atoms with Gasteiger partial charge < -0.3 is 10.2 Å². The molecule has 2 aromatic carbocycles. The number of carbonyl (C=O) groups excluding carboxylic acids is 2. The van der Waals surface area contributed by atoms with Gasteiger partial charge in [-0.2, -0.15) is 0 Å². The number of hydrogen-bond acceptors (Lipinski definition) is 3. The first-order valence-corrected chi connectivity index (χ1v) is 11.2. The van der Waals surface area contributed by atoms with E-state index in [1.165, 1.54) is 5.56 Å². The lowest BCUT2D eigenvalue weighted by atomic mass is 9.93. The summed E-state index contributed by atoms with van der Waals surface area (Å²) < 4.78 is 0. The fraction of sp³-hybridized carbons (Fsp3) is 0.296. The summed E-state index contributed by atoms with van der Waals surface area (Å²) in [6, 6.07) is 21.9. The van der Waals surface area contributed by atoms with Crippen molar-refractivity contribution in [3.63, 3.8) is 0 Å². The van der Waals surface area contributed by atoms with Gasteiger partial charge in [0.2, 0.25) is 11.8 Å². The van der Waals surface area contributed by atoms with Crippen LogP contribution in [0.15, 0.2) is 72.9 Å². The third-order valence-electron chi connectivity index (χ3n) is 5.96. The van der Waals surface area contributed by atoms with E-state index in [0.717, 1.165) is 35.2 Å². The Morgan fingerprint density at radius 3 is 2.75 bits per heavy atom. The van der Waals surface area contributed by atoms with Gasteiger partial charge in [0.25, 0.3) is 0 Å². The van der Waals surface area contributed by atoms with Crippen molar-refractivity contribution in [1.82, 2.24) is 15.2 Å². The van der Waals surface area contributed by atoms with E-state index in [2.05, 4.69) is 47.6 Å². The number of aryl methyl sites for hydroxylation is 2. The van der Waals surface area contributed by atoms with Gasteiger partial charge in [0.1, 0.15) is 6.04 Å². The standard InChI is InChI=1S/C27H29N3O2/c1-20-8-6-10-21(18-20)24-13-3-2-9-22(24)19-25-27(32)29-16-17-30(25)26(31)14-7-12-23-11-4-5-15-28-23/h2-6,8-11,13,15,18,25H,7,12,14,16-17,19H2,1H3,(H,29,32)/t25-/m0/s1. The van der Waals surface area contributed by atoms with Crippen LogP contribution in [-0.4, -0.2) is 40.8 Å². The second-order valence-electron chi connectivity index (χ2n) is 8.30. The van der Waals surface area contributed by atoms with Crippen molar-refractivity contribution in [1.29, 1.82) is 0 Å². The number of piperazine rings is 1. The molecule has 5 nitrogen and oxygen atoms in total. The van der Waals surface area contributed by atoms with E-state index in [9.17, 15) is 9.59 Å². The van der Waals surface area contributed by atoms with E-state index in [1.807, 2.05) is 36.4 Å². The van der Waals surface area contributed by atoms with Crippen LogP contribution >= 0.6 is 0 Å². The fourth-order valence-corrected chi connectivity index (χ4v) is 4.33. The average molecular weight is 428 g/mol. The molecule has 1 saturated heterocycles. The molecule has 32 heavy (non-hydrogen) atoms. The fourth-order valence-electron chi connectivity index (χ4n) is 4.33. The second kappa shape index (κ2) is 10.2. The van der Waals surface area contributed by atoms with Gasteiger partial charge in [0, 0.05) is 37.8 Å². The number of nitrogens with one attached hydrogen (secondary N) is 1. The van der Waals surface area contributed by atoms with E-state index in [0.29, 0.717) is 25.9 Å². The molecule has 3 aromatic rings. The van der Waals surface area contributed by atoms with Gasteiger partial charge in [-0.3, -0.25) is 14.6 Å². The van der Waals surface area contributed by atoms with Crippen molar-refractivity contribution in [3.8, 4) is 11.1 Å². The first kappa shape index (κ1) is 21.8. The van der Waals surface area contributed by atoms with E-state index in [1.54, 1.807) is 11.1 Å². The van der Waals surface area contributed by atoms with Crippen LogP contribution in [0.2, 0.25) is 0 Å². The number of pyridine rings is 1. The lowest BCUT2D eigenvalue weighted by Gasteiger charge is -2.35. The maximum Gasteiger partial charge on any atom is 0.243 e. The third kappa shape index (κ3) is 5.22. The van der Waals surface area contributed by atoms with Crippen LogP contribution in [0.1, 0.15) is 29.7 Å². The van der Waals surface area contributed by atoms with Crippen LogP contribution in [0.3, 0.4) is 0 Å². The molecule has 2 heterocycles. The molecule has 2 amide bonds. The summed E-state index contributed by atoms with van der Waals surface area (Å²) in [5, 5.41) is 2.94. The summed E-state index contributed by atoms with van der Waals surface area (Å²) in [5.74, 6) is -0.0396. The first-order chi connectivity index (χ1) is 15.6. The number of amides is 2. The summed E-state index contributed by atoms with van der Waals surface area (Å²) in [6.45, 7) is 3.12. The topological polar surface area (TPSA) is 62.3 Å². The van der Waals surface area contributed by atoms with Crippen molar-refractivity contribution in [2.75, 3.05) is 13.1 Å². The molecule has 1 N–H and O–H groups in total. The highest BCUT2D eigenvalue weighted by molar-refractivity contribution is 5.89. The van der Waals surface area contributed by atoms with E-state index >= 15 is 0 Å². The predicted molar refractivity (Wildman–Crippen MR) is 126 cm³/mol. The minimum atomic E-state index is -0.489. The lowest BCUT2D eigenvalue weighted by molar-refractivity contribution is -0.143. The lowest BCUT2D eigenvalue weighted by Crippen LogP contribution is -2.58. The van der Waals surface area contributed by atoms with Crippen molar-refractivity contribution >= 4 is 11.8 Å². The number of benzene rings is 2. The first-order valence-electron chi connectivity index (χ1n) is 11.2.